The molecule has 0 fully saturated rings. The minimum absolute atomic E-state index is 0.208. The zero-order valence-corrected chi connectivity index (χ0v) is 15.6. The molecule has 3 rings (SSSR count). The number of nitrogens with two attached hydrogens (primary N) is 1. The number of rotatable bonds is 3. The van der Waals surface area contributed by atoms with Crippen molar-refractivity contribution in [3.8, 4) is 11.8 Å². The number of nitrogens with one attached hydrogen (secondary N) is 2. The number of nitrogen functional groups attached to an aromatic ring is 1. The first-order chi connectivity index (χ1) is 13.5. The van der Waals surface area contributed by atoms with Gasteiger partial charge < -0.3 is 21.3 Å². The Labute approximate surface area is 163 Å². The quantitative estimate of drug-likeness (QED) is 0.614. The van der Waals surface area contributed by atoms with Crippen LogP contribution in [0.3, 0.4) is 0 Å². The number of carbonyl (C=O) groups is 1. The molecule has 0 spiro atoms. The van der Waals surface area contributed by atoms with Gasteiger partial charge in [0, 0.05) is 49.1 Å². The molecule has 0 aliphatic rings. The number of nitrogens with zero attached hydrogens (tertiary/aromatic N) is 3. The third-order valence-electron chi connectivity index (χ3n) is 3.78. The lowest BCUT2D eigenvalue weighted by Crippen LogP contribution is -2.19. The maximum Gasteiger partial charge on any atom is 0.323 e. The molecule has 0 saturated heterocycles. The van der Waals surface area contributed by atoms with E-state index in [2.05, 4.69) is 32.4 Å². The van der Waals surface area contributed by atoms with Crippen molar-refractivity contribution >= 4 is 29.0 Å². The lowest BCUT2D eigenvalue weighted by molar-refractivity contribution is 0.262. The van der Waals surface area contributed by atoms with Crippen LogP contribution in [0, 0.1) is 11.8 Å². The van der Waals surface area contributed by atoms with Crippen LogP contribution < -0.4 is 21.3 Å². The summed E-state index contributed by atoms with van der Waals surface area (Å²) < 4.78 is 0. The number of hydrogen-bond acceptors (Lipinski definition) is 5. The molecule has 2 aromatic carbocycles. The van der Waals surface area contributed by atoms with E-state index in [1.165, 1.54) is 0 Å². The van der Waals surface area contributed by atoms with Crippen molar-refractivity contribution in [3.63, 3.8) is 0 Å². The van der Waals surface area contributed by atoms with Gasteiger partial charge in [-0.05, 0) is 42.5 Å². The van der Waals surface area contributed by atoms with Crippen molar-refractivity contribution in [2.24, 2.45) is 0 Å². The molecule has 1 heterocycles. The third-order valence-corrected chi connectivity index (χ3v) is 3.78. The average Bonchev–Trinajstić information content (AvgIpc) is 2.68. The van der Waals surface area contributed by atoms with Crippen LogP contribution in [0.1, 0.15) is 11.1 Å². The highest BCUT2D eigenvalue weighted by molar-refractivity contribution is 5.99. The van der Waals surface area contributed by atoms with E-state index in [0.29, 0.717) is 16.9 Å². The van der Waals surface area contributed by atoms with E-state index in [9.17, 15) is 4.79 Å². The van der Waals surface area contributed by atoms with Gasteiger partial charge in [0.15, 0.2) is 0 Å². The molecule has 0 aliphatic carbocycles. The van der Waals surface area contributed by atoms with E-state index in [1.807, 2.05) is 55.4 Å². The minimum Gasteiger partial charge on any atom is -0.378 e. The van der Waals surface area contributed by atoms with Gasteiger partial charge in [0.25, 0.3) is 0 Å². The summed E-state index contributed by atoms with van der Waals surface area (Å²) in [6.45, 7) is 0. The van der Waals surface area contributed by atoms with Crippen molar-refractivity contribution in [3.05, 3.63) is 72.1 Å². The lowest BCUT2D eigenvalue weighted by Gasteiger charge is -2.13. The summed E-state index contributed by atoms with van der Waals surface area (Å²) in [5.74, 6) is 6.18. The number of urea groups is 1. The van der Waals surface area contributed by atoms with Crippen molar-refractivity contribution in [1.29, 1.82) is 0 Å². The fourth-order valence-corrected chi connectivity index (χ4v) is 2.36. The van der Waals surface area contributed by atoms with E-state index in [1.54, 1.807) is 24.5 Å². The normalized spacial score (nSPS) is 9.79. The molecule has 2 amide bonds. The second kappa shape index (κ2) is 8.56. The molecule has 4 N–H and O–H groups in total. The topological polar surface area (TPSA) is 96.2 Å². The average molecular weight is 372 g/mol. The first-order valence-electron chi connectivity index (χ1n) is 8.54. The molecule has 0 unspecified atom stereocenters. The Morgan fingerprint density at radius 1 is 0.929 bits per heavy atom. The smallest absolute Gasteiger partial charge is 0.323 e. The Kier molecular flexibility index (Phi) is 5.72. The number of anilines is 4. The van der Waals surface area contributed by atoms with Crippen LogP contribution in [-0.2, 0) is 0 Å². The Hall–Kier alpha value is -4.05. The number of amides is 2. The number of benzene rings is 2. The Balaban J connectivity index is 1.64. The molecule has 7 heteroatoms. The van der Waals surface area contributed by atoms with Gasteiger partial charge in [-0.15, -0.1) is 0 Å². The summed E-state index contributed by atoms with van der Waals surface area (Å²) in [4.78, 5) is 22.0. The zero-order valence-electron chi connectivity index (χ0n) is 15.6. The van der Waals surface area contributed by atoms with Crippen molar-refractivity contribution in [2.75, 3.05) is 35.4 Å². The second-order valence-corrected chi connectivity index (χ2v) is 6.18. The van der Waals surface area contributed by atoms with E-state index in [4.69, 9.17) is 5.73 Å². The van der Waals surface area contributed by atoms with Gasteiger partial charge in [-0.2, -0.15) is 0 Å². The van der Waals surface area contributed by atoms with Crippen LogP contribution in [0.5, 0.6) is 0 Å². The van der Waals surface area contributed by atoms with E-state index >= 15 is 0 Å². The Morgan fingerprint density at radius 3 is 2.25 bits per heavy atom. The maximum absolute atomic E-state index is 12.2. The first kappa shape index (κ1) is 18.7. The monoisotopic (exact) mass is 372 g/mol. The maximum atomic E-state index is 12.2. The van der Waals surface area contributed by atoms with E-state index in [0.717, 1.165) is 11.3 Å². The molecule has 0 aliphatic heterocycles. The Bertz CT molecular complexity index is 1020. The summed E-state index contributed by atoms with van der Waals surface area (Å²) in [5, 5.41) is 5.61. The molecule has 3 aromatic rings. The fourth-order valence-electron chi connectivity index (χ4n) is 2.36. The van der Waals surface area contributed by atoms with Crippen molar-refractivity contribution in [1.82, 2.24) is 9.97 Å². The van der Waals surface area contributed by atoms with Gasteiger partial charge in [-0.1, -0.05) is 17.9 Å². The Morgan fingerprint density at radius 2 is 1.57 bits per heavy atom. The molecular formula is C21H20N6O. The summed E-state index contributed by atoms with van der Waals surface area (Å²) in [6.07, 6.45) is 3.12. The van der Waals surface area contributed by atoms with E-state index in [-0.39, 0.29) is 12.0 Å². The molecule has 0 radical (unpaired) electrons. The third kappa shape index (κ3) is 5.22. The van der Waals surface area contributed by atoms with Gasteiger partial charge in [-0.25, -0.2) is 14.8 Å². The standard InChI is InChI=1S/C21H20N6O/c1-27(2)19-10-8-17(9-11-19)25-21(28)26-18-5-3-4-15(12-18)6-7-16-13-23-20(22)24-14-16/h3-5,8-14H,1-2H3,(H2,22,23,24)(H2,25,26,28). The molecule has 1 aromatic heterocycles. The van der Waals surface area contributed by atoms with Gasteiger partial charge in [-0.3, -0.25) is 0 Å². The predicted octanol–water partition coefficient (Wildman–Crippen LogP) is 3.17. The minimum atomic E-state index is -0.324. The van der Waals surface area contributed by atoms with Crippen molar-refractivity contribution < 1.29 is 4.79 Å². The van der Waals surface area contributed by atoms with Gasteiger partial charge in [0.1, 0.15) is 0 Å². The molecule has 0 bridgehead atoms. The largest absolute Gasteiger partial charge is 0.378 e. The van der Waals surface area contributed by atoms with Crippen LogP contribution >= 0.6 is 0 Å². The fraction of sp³-hybridized carbons (Fsp3) is 0.0952. The molecule has 0 saturated carbocycles. The molecule has 140 valence electrons. The van der Waals surface area contributed by atoms with Crippen LogP contribution in [-0.4, -0.2) is 30.1 Å². The first-order valence-corrected chi connectivity index (χ1v) is 8.54. The van der Waals surface area contributed by atoms with Crippen LogP contribution in [0.2, 0.25) is 0 Å². The lowest BCUT2D eigenvalue weighted by atomic mass is 10.2. The summed E-state index contributed by atoms with van der Waals surface area (Å²) in [5.41, 5.74) is 9.28. The predicted molar refractivity (Wildman–Crippen MR) is 112 cm³/mol. The number of carbonyl (C=O) groups excluding carboxylic acids is 1. The summed E-state index contributed by atoms with van der Waals surface area (Å²) in [7, 11) is 3.93. The van der Waals surface area contributed by atoms with Crippen molar-refractivity contribution in [2.45, 2.75) is 0 Å². The van der Waals surface area contributed by atoms with Crippen LogP contribution in [0.15, 0.2) is 60.9 Å². The molecule has 0 atom stereocenters. The van der Waals surface area contributed by atoms with Gasteiger partial charge in [0.05, 0.1) is 5.56 Å². The van der Waals surface area contributed by atoms with Gasteiger partial charge in [0.2, 0.25) is 5.95 Å². The second-order valence-electron chi connectivity index (χ2n) is 6.18. The number of hydrogen-bond donors (Lipinski definition) is 3. The highest BCUT2D eigenvalue weighted by Gasteiger charge is 2.04. The SMILES string of the molecule is CN(C)c1ccc(NC(=O)Nc2cccc(C#Cc3cnc(N)nc3)c2)cc1. The summed E-state index contributed by atoms with van der Waals surface area (Å²) >= 11 is 0. The number of aromatic nitrogens is 2. The van der Waals surface area contributed by atoms with Crippen LogP contribution in [0.4, 0.5) is 27.8 Å². The molecule has 28 heavy (non-hydrogen) atoms. The highest BCUT2D eigenvalue weighted by Crippen LogP contribution is 2.16. The zero-order chi connectivity index (χ0) is 19.9. The van der Waals surface area contributed by atoms with Crippen LogP contribution in [0.25, 0.3) is 0 Å². The summed E-state index contributed by atoms with van der Waals surface area (Å²) in [6, 6.07) is 14.5. The van der Waals surface area contributed by atoms with E-state index < -0.39 is 0 Å². The highest BCUT2D eigenvalue weighted by atomic mass is 16.2. The molecule has 7 nitrogen and oxygen atoms in total. The molecular weight excluding hydrogens is 352 g/mol. The van der Waals surface area contributed by atoms with Gasteiger partial charge >= 0.3 is 6.03 Å².